The number of fused-ring (bicyclic) bond motifs is 1. The fourth-order valence-corrected chi connectivity index (χ4v) is 2.70. The minimum absolute atomic E-state index is 0.0375. The first-order chi connectivity index (χ1) is 10.1. The molecule has 112 valence electrons. The Labute approximate surface area is 125 Å². The Hall–Kier alpha value is -1.97. The second-order valence-electron chi connectivity index (χ2n) is 5.44. The summed E-state index contributed by atoms with van der Waals surface area (Å²) >= 11 is 0. The minimum Gasteiger partial charge on any atom is -0.325 e. The lowest BCUT2D eigenvalue weighted by molar-refractivity contribution is -0.118. The number of carbonyl (C=O) groups excluding carboxylic acids is 2. The zero-order valence-electron chi connectivity index (χ0n) is 12.9. The number of rotatable bonds is 4. The highest BCUT2D eigenvalue weighted by molar-refractivity contribution is 6.11. The van der Waals surface area contributed by atoms with Crippen LogP contribution >= 0.6 is 0 Å². The van der Waals surface area contributed by atoms with Crippen molar-refractivity contribution in [3.63, 3.8) is 0 Å². The molecule has 0 saturated heterocycles. The maximum atomic E-state index is 12.0. The molecule has 2 aliphatic rings. The summed E-state index contributed by atoms with van der Waals surface area (Å²) in [6.45, 7) is 6.03. The molecule has 1 atom stereocenters. The average molecular weight is 286 g/mol. The predicted octanol–water partition coefficient (Wildman–Crippen LogP) is 3.07. The van der Waals surface area contributed by atoms with E-state index in [4.69, 9.17) is 0 Å². The van der Waals surface area contributed by atoms with Crippen LogP contribution < -0.4 is 5.32 Å². The second-order valence-corrected chi connectivity index (χ2v) is 5.44. The van der Waals surface area contributed by atoms with Gasteiger partial charge in [-0.1, -0.05) is 31.9 Å². The number of hydrogen-bond acceptors (Lipinski definition) is 2. The molecule has 4 heteroatoms. The van der Waals surface area contributed by atoms with E-state index in [9.17, 15) is 9.59 Å². The van der Waals surface area contributed by atoms with Gasteiger partial charge in [-0.25, -0.2) is 4.99 Å². The third-order valence-corrected chi connectivity index (χ3v) is 3.92. The van der Waals surface area contributed by atoms with Crippen molar-refractivity contribution in [3.8, 4) is 0 Å². The summed E-state index contributed by atoms with van der Waals surface area (Å²) in [5.41, 5.74) is 3.37. The molecule has 0 aromatic heterocycles. The minimum atomic E-state index is -0.101. The molecule has 1 aliphatic heterocycles. The van der Waals surface area contributed by atoms with Crippen LogP contribution in [0.2, 0.25) is 0 Å². The van der Waals surface area contributed by atoms with Crippen molar-refractivity contribution >= 4 is 17.5 Å². The monoisotopic (exact) mass is 286 g/mol. The second kappa shape index (κ2) is 6.66. The molecule has 0 aromatic rings. The van der Waals surface area contributed by atoms with Crippen molar-refractivity contribution in [1.82, 2.24) is 5.32 Å². The number of nitrogens with zero attached hydrogens (tertiary/aromatic N) is 1. The molecule has 1 unspecified atom stereocenters. The van der Waals surface area contributed by atoms with E-state index >= 15 is 0 Å². The van der Waals surface area contributed by atoms with E-state index in [1.807, 2.05) is 39.0 Å². The number of hydrogen-bond donors (Lipinski definition) is 1. The van der Waals surface area contributed by atoms with Crippen LogP contribution in [-0.2, 0) is 9.59 Å². The van der Waals surface area contributed by atoms with Crippen molar-refractivity contribution in [3.05, 3.63) is 35.1 Å². The molecular weight excluding hydrogens is 264 g/mol. The maximum absolute atomic E-state index is 12.0. The standard InChI is InChI=1S/C17H22N2O2/c1-4-6-7-16(20)18-12-8-9-14-11(3)13(5-2)17(21)19-15(14)10-12/h8-10,14H,4-7H2,1-3H3,(H,19,21). The van der Waals surface area contributed by atoms with Gasteiger partial charge in [0.2, 0.25) is 5.91 Å². The quantitative estimate of drug-likeness (QED) is 0.863. The van der Waals surface area contributed by atoms with Crippen molar-refractivity contribution in [2.24, 2.45) is 10.9 Å². The van der Waals surface area contributed by atoms with E-state index in [2.05, 4.69) is 10.3 Å². The number of unbranched alkanes of at least 4 members (excludes halogenated alkanes) is 1. The summed E-state index contributed by atoms with van der Waals surface area (Å²) in [4.78, 5) is 27.8. The van der Waals surface area contributed by atoms with E-state index in [-0.39, 0.29) is 17.7 Å². The molecule has 2 rings (SSSR count). The van der Waals surface area contributed by atoms with Crippen LogP contribution in [-0.4, -0.2) is 17.5 Å². The summed E-state index contributed by atoms with van der Waals surface area (Å²) in [7, 11) is 0. The summed E-state index contributed by atoms with van der Waals surface area (Å²) < 4.78 is 0. The molecule has 0 spiro atoms. The van der Waals surface area contributed by atoms with Crippen molar-refractivity contribution in [2.75, 3.05) is 0 Å². The van der Waals surface area contributed by atoms with Gasteiger partial charge in [-0.2, -0.15) is 0 Å². The normalized spacial score (nSPS) is 23.0. The van der Waals surface area contributed by atoms with Crippen LogP contribution in [0, 0.1) is 5.92 Å². The SMILES string of the molecule is CCCCC(=O)N=C1C=CC2C(=C1)NC(=O)C(CC)=C2C. The van der Waals surface area contributed by atoms with Gasteiger partial charge in [0, 0.05) is 23.6 Å². The first-order valence-electron chi connectivity index (χ1n) is 7.59. The average Bonchev–Trinajstić information content (AvgIpc) is 2.45. The van der Waals surface area contributed by atoms with E-state index in [0.717, 1.165) is 36.1 Å². The van der Waals surface area contributed by atoms with Gasteiger partial charge in [0.1, 0.15) is 0 Å². The molecule has 1 N–H and O–H groups in total. The largest absolute Gasteiger partial charge is 0.325 e. The highest BCUT2D eigenvalue weighted by Gasteiger charge is 2.28. The van der Waals surface area contributed by atoms with Crippen LogP contribution in [0.5, 0.6) is 0 Å². The zero-order chi connectivity index (χ0) is 15.4. The molecule has 21 heavy (non-hydrogen) atoms. The number of aliphatic imine (C=N–C) groups is 1. The number of carbonyl (C=O) groups is 2. The Morgan fingerprint density at radius 2 is 2.14 bits per heavy atom. The van der Waals surface area contributed by atoms with E-state index in [1.54, 1.807) is 0 Å². The molecule has 4 nitrogen and oxygen atoms in total. The topological polar surface area (TPSA) is 58.5 Å². The maximum Gasteiger partial charge on any atom is 0.251 e. The van der Waals surface area contributed by atoms with E-state index < -0.39 is 0 Å². The molecule has 1 heterocycles. The van der Waals surface area contributed by atoms with Crippen LogP contribution in [0.25, 0.3) is 0 Å². The van der Waals surface area contributed by atoms with Crippen LogP contribution in [0.15, 0.2) is 40.1 Å². The zero-order valence-corrected chi connectivity index (χ0v) is 12.9. The Morgan fingerprint density at radius 3 is 2.81 bits per heavy atom. The fraction of sp³-hybridized carbons (Fsp3) is 0.471. The first-order valence-corrected chi connectivity index (χ1v) is 7.59. The Kier molecular flexibility index (Phi) is 4.89. The van der Waals surface area contributed by atoms with Gasteiger partial charge >= 0.3 is 0 Å². The van der Waals surface area contributed by atoms with E-state index in [0.29, 0.717) is 12.1 Å². The third-order valence-electron chi connectivity index (χ3n) is 3.92. The summed E-state index contributed by atoms with van der Waals surface area (Å²) in [5.74, 6) is -0.0396. The number of amides is 2. The van der Waals surface area contributed by atoms with Crippen LogP contribution in [0.3, 0.4) is 0 Å². The number of allylic oxidation sites excluding steroid dienone is 3. The molecular formula is C17H22N2O2. The van der Waals surface area contributed by atoms with Gasteiger partial charge in [0.25, 0.3) is 5.91 Å². The van der Waals surface area contributed by atoms with Crippen molar-refractivity contribution < 1.29 is 9.59 Å². The lowest BCUT2D eigenvalue weighted by Gasteiger charge is -2.29. The highest BCUT2D eigenvalue weighted by Crippen LogP contribution is 2.31. The molecule has 0 bridgehead atoms. The van der Waals surface area contributed by atoms with Gasteiger partial charge in [-0.3, -0.25) is 9.59 Å². The molecule has 1 aliphatic carbocycles. The van der Waals surface area contributed by atoms with Gasteiger partial charge in [-0.05, 0) is 31.9 Å². The molecule has 0 fully saturated rings. The smallest absolute Gasteiger partial charge is 0.251 e. The van der Waals surface area contributed by atoms with Crippen LogP contribution in [0.4, 0.5) is 0 Å². The number of nitrogens with one attached hydrogen (secondary N) is 1. The van der Waals surface area contributed by atoms with Gasteiger partial charge in [-0.15, -0.1) is 0 Å². The molecule has 0 aromatic carbocycles. The molecule has 0 saturated carbocycles. The summed E-state index contributed by atoms with van der Waals surface area (Å²) in [6, 6.07) is 0. The molecule has 2 amide bonds. The Bertz CT molecular complexity index is 580. The third kappa shape index (κ3) is 3.38. The van der Waals surface area contributed by atoms with Crippen molar-refractivity contribution in [1.29, 1.82) is 0 Å². The van der Waals surface area contributed by atoms with Crippen LogP contribution in [0.1, 0.15) is 46.5 Å². The summed E-state index contributed by atoms with van der Waals surface area (Å²) in [5, 5.41) is 2.92. The summed E-state index contributed by atoms with van der Waals surface area (Å²) in [6.07, 6.45) is 8.73. The predicted molar refractivity (Wildman–Crippen MR) is 83.8 cm³/mol. The Balaban J connectivity index is 2.21. The first kappa shape index (κ1) is 15.4. The van der Waals surface area contributed by atoms with Crippen molar-refractivity contribution in [2.45, 2.75) is 46.5 Å². The fourth-order valence-electron chi connectivity index (χ4n) is 2.70. The van der Waals surface area contributed by atoms with Gasteiger partial charge in [0.05, 0.1) is 5.71 Å². The highest BCUT2D eigenvalue weighted by atomic mass is 16.2. The molecule has 0 radical (unpaired) electrons. The lowest BCUT2D eigenvalue weighted by atomic mass is 9.84. The lowest BCUT2D eigenvalue weighted by Crippen LogP contribution is -2.36. The van der Waals surface area contributed by atoms with E-state index in [1.165, 1.54) is 0 Å². The Morgan fingerprint density at radius 1 is 1.38 bits per heavy atom. The van der Waals surface area contributed by atoms with Gasteiger partial charge < -0.3 is 5.32 Å². The van der Waals surface area contributed by atoms with Gasteiger partial charge in [0.15, 0.2) is 0 Å².